The minimum Gasteiger partial charge on any atom is -0.368 e. The Morgan fingerprint density at radius 3 is 2.50 bits per heavy atom. The number of rotatable bonds is 4. The molecule has 30 heavy (non-hydrogen) atoms. The summed E-state index contributed by atoms with van der Waals surface area (Å²) in [4.78, 5) is 11.9. The van der Waals surface area contributed by atoms with Gasteiger partial charge in [-0.25, -0.2) is 4.98 Å². The summed E-state index contributed by atoms with van der Waals surface area (Å²) in [6.07, 6.45) is -1.87. The van der Waals surface area contributed by atoms with Gasteiger partial charge in [0.05, 0.1) is 12.1 Å². The molecule has 12 heteroatoms. The van der Waals surface area contributed by atoms with E-state index in [1.165, 1.54) is 18.5 Å². The zero-order chi connectivity index (χ0) is 21.0. The molecule has 0 saturated carbocycles. The summed E-state index contributed by atoms with van der Waals surface area (Å²) in [5.74, 6) is 0.710. The molecule has 0 radical (unpaired) electrons. The second-order valence-corrected chi connectivity index (χ2v) is 6.45. The van der Waals surface area contributed by atoms with E-state index in [0.717, 1.165) is 16.7 Å². The third kappa shape index (κ3) is 5.73. The number of nitrogens with zero attached hydrogens (tertiary/aromatic N) is 5. The van der Waals surface area contributed by atoms with Crippen molar-refractivity contribution in [2.45, 2.75) is 19.3 Å². The Labute approximate surface area is 187 Å². The molecule has 1 saturated heterocycles. The maximum absolute atomic E-state index is 12.9. The quantitative estimate of drug-likeness (QED) is 0.276. The second-order valence-electron chi connectivity index (χ2n) is 6.45. The zero-order valence-electron chi connectivity index (χ0n) is 16.1. The van der Waals surface area contributed by atoms with Gasteiger partial charge in [-0.1, -0.05) is 6.07 Å². The molecule has 0 unspecified atom stereocenters. The van der Waals surface area contributed by atoms with Crippen molar-refractivity contribution in [3.63, 3.8) is 0 Å². The number of piperazine rings is 1. The van der Waals surface area contributed by atoms with E-state index in [1.54, 1.807) is 13.1 Å². The molecule has 6 nitrogen and oxygen atoms in total. The van der Waals surface area contributed by atoms with Gasteiger partial charge in [0.15, 0.2) is 5.96 Å². The first-order chi connectivity index (χ1) is 13.8. The number of halogens is 6. The van der Waals surface area contributed by atoms with E-state index in [4.69, 9.17) is 0 Å². The summed E-state index contributed by atoms with van der Waals surface area (Å²) < 4.78 is 65.4. The van der Waals surface area contributed by atoms with Crippen LogP contribution in [0.15, 0.2) is 41.7 Å². The largest absolute Gasteiger partial charge is 0.416 e. The van der Waals surface area contributed by atoms with Gasteiger partial charge in [0.1, 0.15) is 5.82 Å². The molecule has 1 aliphatic rings. The fourth-order valence-corrected chi connectivity index (χ4v) is 3.20. The molecule has 0 bridgehead atoms. The van der Waals surface area contributed by atoms with Gasteiger partial charge in [-0.2, -0.15) is 22.0 Å². The highest BCUT2D eigenvalue weighted by Gasteiger charge is 2.31. The van der Waals surface area contributed by atoms with E-state index in [2.05, 4.69) is 15.3 Å². The van der Waals surface area contributed by atoms with Gasteiger partial charge in [-0.3, -0.25) is 9.56 Å². The Hall–Kier alpha value is -2.12. The highest BCUT2D eigenvalue weighted by Crippen LogP contribution is 2.31. The van der Waals surface area contributed by atoms with Crippen molar-refractivity contribution in [2.75, 3.05) is 38.1 Å². The molecule has 0 spiro atoms. The third-order valence-electron chi connectivity index (χ3n) is 4.69. The lowest BCUT2D eigenvalue weighted by atomic mass is 10.1. The topological polar surface area (TPSA) is 48.7 Å². The molecular weight excluding hydrogens is 522 g/mol. The van der Waals surface area contributed by atoms with Crippen molar-refractivity contribution in [2.24, 2.45) is 4.99 Å². The lowest BCUT2D eigenvalue weighted by Crippen LogP contribution is -2.52. The first-order valence-electron chi connectivity index (χ1n) is 8.97. The first kappa shape index (κ1) is 24.2. The molecule has 1 aromatic heterocycles. The summed E-state index contributed by atoms with van der Waals surface area (Å²) in [6, 6.07) is 5.25. The minimum absolute atomic E-state index is 0. The highest BCUT2D eigenvalue weighted by atomic mass is 127. The molecule has 1 fully saturated rings. The number of anilines is 1. The monoisotopic (exact) mass is 544 g/mol. The summed E-state index contributed by atoms with van der Waals surface area (Å²) in [5, 5.41) is 3.01. The first-order valence-corrected chi connectivity index (χ1v) is 8.97. The van der Waals surface area contributed by atoms with E-state index in [-0.39, 0.29) is 36.3 Å². The molecule has 2 aromatic rings. The summed E-state index contributed by atoms with van der Waals surface area (Å²) in [6.45, 7) is -0.523. The van der Waals surface area contributed by atoms with Crippen LogP contribution < -0.4 is 10.2 Å². The van der Waals surface area contributed by atoms with Crippen LogP contribution in [-0.4, -0.2) is 53.6 Å². The van der Waals surface area contributed by atoms with Crippen LogP contribution in [0, 0.1) is 0 Å². The van der Waals surface area contributed by atoms with E-state index >= 15 is 0 Å². The Balaban J connectivity index is 0.00000320. The molecule has 166 valence electrons. The number of imidazole rings is 1. The van der Waals surface area contributed by atoms with Crippen LogP contribution in [0.5, 0.6) is 0 Å². The average Bonchev–Trinajstić information content (AvgIpc) is 3.17. The maximum atomic E-state index is 12.9. The predicted octanol–water partition coefficient (Wildman–Crippen LogP) is 3.81. The molecule has 2 heterocycles. The SMILES string of the molecule is CN=C(NCc1nccn1C(F)F)N1CCN(c2cccc(C(F)(F)F)c2)CC1.I. The van der Waals surface area contributed by atoms with Gasteiger partial charge in [0, 0.05) is 51.3 Å². The molecular formula is C18H22F5IN6. The summed E-state index contributed by atoms with van der Waals surface area (Å²) in [5.41, 5.74) is -0.161. The van der Waals surface area contributed by atoms with E-state index in [9.17, 15) is 22.0 Å². The number of guanidine groups is 1. The molecule has 3 rings (SSSR count). The van der Waals surface area contributed by atoms with E-state index in [0.29, 0.717) is 37.8 Å². The number of aliphatic imine (C=N–C) groups is 1. The molecule has 0 atom stereocenters. The van der Waals surface area contributed by atoms with Gasteiger partial charge in [0.2, 0.25) is 0 Å². The van der Waals surface area contributed by atoms with Crippen LogP contribution in [0.2, 0.25) is 0 Å². The summed E-state index contributed by atoms with van der Waals surface area (Å²) >= 11 is 0. The average molecular weight is 544 g/mol. The van der Waals surface area contributed by atoms with Crippen LogP contribution in [0.3, 0.4) is 0 Å². The van der Waals surface area contributed by atoms with Crippen molar-refractivity contribution in [1.82, 2.24) is 19.8 Å². The predicted molar refractivity (Wildman–Crippen MR) is 114 cm³/mol. The summed E-state index contributed by atoms with van der Waals surface area (Å²) in [7, 11) is 1.58. The Kier molecular flexibility index (Phi) is 8.26. The van der Waals surface area contributed by atoms with Gasteiger partial charge in [-0.15, -0.1) is 24.0 Å². The zero-order valence-corrected chi connectivity index (χ0v) is 18.4. The fourth-order valence-electron chi connectivity index (χ4n) is 3.20. The number of aromatic nitrogens is 2. The Bertz CT molecular complexity index is 846. The molecule has 0 amide bonds. The van der Waals surface area contributed by atoms with Crippen LogP contribution in [0.25, 0.3) is 0 Å². The van der Waals surface area contributed by atoms with E-state index < -0.39 is 18.3 Å². The minimum atomic E-state index is -4.38. The normalized spacial score (nSPS) is 15.4. The van der Waals surface area contributed by atoms with Crippen LogP contribution in [0.1, 0.15) is 17.9 Å². The van der Waals surface area contributed by atoms with Crippen LogP contribution in [0.4, 0.5) is 27.6 Å². The highest BCUT2D eigenvalue weighted by molar-refractivity contribution is 14.0. The van der Waals surface area contributed by atoms with Gasteiger partial charge in [-0.05, 0) is 18.2 Å². The van der Waals surface area contributed by atoms with Crippen molar-refractivity contribution < 1.29 is 22.0 Å². The number of alkyl halides is 5. The lowest BCUT2D eigenvalue weighted by molar-refractivity contribution is -0.137. The lowest BCUT2D eigenvalue weighted by Gasteiger charge is -2.37. The smallest absolute Gasteiger partial charge is 0.368 e. The number of hydrogen-bond acceptors (Lipinski definition) is 3. The Morgan fingerprint density at radius 2 is 1.90 bits per heavy atom. The fraction of sp³-hybridized carbons (Fsp3) is 0.444. The number of nitrogens with one attached hydrogen (secondary N) is 1. The molecule has 0 aliphatic carbocycles. The number of benzene rings is 1. The van der Waals surface area contributed by atoms with Crippen molar-refractivity contribution >= 4 is 35.6 Å². The molecule has 1 aliphatic heterocycles. The van der Waals surface area contributed by atoms with Gasteiger partial charge < -0.3 is 15.1 Å². The third-order valence-corrected chi connectivity index (χ3v) is 4.69. The second kappa shape index (κ2) is 10.3. The van der Waals surface area contributed by atoms with Crippen molar-refractivity contribution in [3.8, 4) is 0 Å². The van der Waals surface area contributed by atoms with Gasteiger partial charge in [0.25, 0.3) is 0 Å². The molecule has 1 aromatic carbocycles. The van der Waals surface area contributed by atoms with Crippen molar-refractivity contribution in [3.05, 3.63) is 48.0 Å². The molecule has 1 N–H and O–H groups in total. The van der Waals surface area contributed by atoms with Crippen LogP contribution in [-0.2, 0) is 12.7 Å². The van der Waals surface area contributed by atoms with Crippen molar-refractivity contribution in [1.29, 1.82) is 0 Å². The standard InChI is InChI=1S/C18H21F5N6.HI/c1-24-17(26-12-15-25-5-6-29(15)16(19)20)28-9-7-27(8-10-28)14-4-2-3-13(11-14)18(21,22)23;/h2-6,11,16H,7-10,12H2,1H3,(H,24,26);1H. The van der Waals surface area contributed by atoms with E-state index in [1.807, 2.05) is 9.80 Å². The number of hydrogen-bond donors (Lipinski definition) is 1. The maximum Gasteiger partial charge on any atom is 0.416 e. The Morgan fingerprint density at radius 1 is 1.20 bits per heavy atom. The van der Waals surface area contributed by atoms with Crippen LogP contribution >= 0.6 is 24.0 Å². The van der Waals surface area contributed by atoms with Gasteiger partial charge >= 0.3 is 12.7 Å².